The van der Waals surface area contributed by atoms with Crippen LogP contribution in [0.3, 0.4) is 0 Å². The molecule has 1 aliphatic carbocycles. The largest absolute Gasteiger partial charge is 0.370 e. The van der Waals surface area contributed by atoms with Crippen molar-refractivity contribution in [2.75, 3.05) is 19.6 Å². The van der Waals surface area contributed by atoms with Gasteiger partial charge in [-0.05, 0) is 25.7 Å². The van der Waals surface area contributed by atoms with E-state index in [0.29, 0.717) is 24.9 Å². The van der Waals surface area contributed by atoms with Gasteiger partial charge in [0.2, 0.25) is 5.91 Å². The molecule has 0 spiro atoms. The molecule has 2 atom stereocenters. The van der Waals surface area contributed by atoms with Crippen LogP contribution in [0.1, 0.15) is 51.9 Å². The minimum absolute atomic E-state index is 0.0156. The molecule has 0 bridgehead atoms. The van der Waals surface area contributed by atoms with E-state index in [-0.39, 0.29) is 12.2 Å². The second-order valence-corrected chi connectivity index (χ2v) is 6.16. The van der Waals surface area contributed by atoms with E-state index in [9.17, 15) is 4.79 Å². The number of carbonyl (C=O) groups excluding carboxylic acids is 1. The number of hydrogen-bond acceptors (Lipinski definition) is 3. The Labute approximate surface area is 116 Å². The zero-order chi connectivity index (χ0) is 13.7. The average molecular weight is 268 g/mol. The van der Waals surface area contributed by atoms with Crippen molar-refractivity contribution in [2.24, 2.45) is 11.7 Å². The molecule has 1 saturated carbocycles. The van der Waals surface area contributed by atoms with Crippen molar-refractivity contribution >= 4 is 5.91 Å². The standard InChI is InChI=1S/C15H28N2O2/c1-12-10-17(11-14(9-16)19-12)15(18)8-13-6-4-2-3-5-7-13/h12-14H,2-11,16H2,1H3. The number of hydrogen-bond donors (Lipinski definition) is 1. The van der Waals surface area contributed by atoms with Crippen molar-refractivity contribution in [3.05, 3.63) is 0 Å². The number of nitrogens with zero attached hydrogens (tertiary/aromatic N) is 1. The second-order valence-electron chi connectivity index (χ2n) is 6.16. The summed E-state index contributed by atoms with van der Waals surface area (Å²) in [6.45, 7) is 3.92. The van der Waals surface area contributed by atoms with Crippen LogP contribution in [-0.4, -0.2) is 42.6 Å². The van der Waals surface area contributed by atoms with E-state index in [2.05, 4.69) is 0 Å². The van der Waals surface area contributed by atoms with Crippen LogP contribution in [0.4, 0.5) is 0 Å². The van der Waals surface area contributed by atoms with Crippen molar-refractivity contribution in [1.82, 2.24) is 4.90 Å². The maximum atomic E-state index is 12.4. The van der Waals surface area contributed by atoms with Crippen molar-refractivity contribution in [1.29, 1.82) is 0 Å². The van der Waals surface area contributed by atoms with Gasteiger partial charge < -0.3 is 15.4 Å². The molecule has 0 radical (unpaired) electrons. The van der Waals surface area contributed by atoms with Gasteiger partial charge in [-0.2, -0.15) is 0 Å². The fourth-order valence-electron chi connectivity index (χ4n) is 3.32. The maximum Gasteiger partial charge on any atom is 0.223 e. The van der Waals surface area contributed by atoms with E-state index in [1.165, 1.54) is 38.5 Å². The molecule has 2 rings (SSSR count). The quantitative estimate of drug-likeness (QED) is 0.796. The van der Waals surface area contributed by atoms with Gasteiger partial charge in [-0.1, -0.05) is 25.7 Å². The van der Waals surface area contributed by atoms with Gasteiger partial charge in [0.25, 0.3) is 0 Å². The van der Waals surface area contributed by atoms with Gasteiger partial charge in [0.1, 0.15) is 0 Å². The van der Waals surface area contributed by atoms with E-state index < -0.39 is 0 Å². The lowest BCUT2D eigenvalue weighted by Crippen LogP contribution is -2.51. The predicted molar refractivity (Wildman–Crippen MR) is 75.8 cm³/mol. The van der Waals surface area contributed by atoms with Crippen molar-refractivity contribution in [3.8, 4) is 0 Å². The van der Waals surface area contributed by atoms with Crippen LogP contribution in [-0.2, 0) is 9.53 Å². The third-order valence-corrected chi connectivity index (χ3v) is 4.38. The van der Waals surface area contributed by atoms with Gasteiger partial charge in [-0.25, -0.2) is 0 Å². The Hall–Kier alpha value is -0.610. The highest BCUT2D eigenvalue weighted by Gasteiger charge is 2.28. The molecule has 2 aliphatic rings. The molecule has 1 saturated heterocycles. The molecule has 1 heterocycles. The molecule has 19 heavy (non-hydrogen) atoms. The van der Waals surface area contributed by atoms with Gasteiger partial charge in [-0.15, -0.1) is 0 Å². The molecular weight excluding hydrogens is 240 g/mol. The summed E-state index contributed by atoms with van der Waals surface area (Å²) in [5.74, 6) is 0.907. The molecule has 1 amide bonds. The highest BCUT2D eigenvalue weighted by molar-refractivity contribution is 5.76. The van der Waals surface area contributed by atoms with Crippen LogP contribution >= 0.6 is 0 Å². The Morgan fingerprint density at radius 3 is 2.53 bits per heavy atom. The molecule has 0 aromatic heterocycles. The van der Waals surface area contributed by atoms with Crippen molar-refractivity contribution in [3.63, 3.8) is 0 Å². The zero-order valence-corrected chi connectivity index (χ0v) is 12.1. The van der Waals surface area contributed by atoms with Crippen LogP contribution < -0.4 is 5.73 Å². The van der Waals surface area contributed by atoms with Crippen molar-refractivity contribution in [2.45, 2.75) is 64.1 Å². The normalized spacial score (nSPS) is 30.1. The van der Waals surface area contributed by atoms with Gasteiger partial charge in [0.05, 0.1) is 12.2 Å². The Bertz CT molecular complexity index is 288. The molecular formula is C15H28N2O2. The molecule has 4 nitrogen and oxygen atoms in total. The van der Waals surface area contributed by atoms with Gasteiger partial charge in [0.15, 0.2) is 0 Å². The van der Waals surface area contributed by atoms with Crippen LogP contribution in [0.25, 0.3) is 0 Å². The lowest BCUT2D eigenvalue weighted by molar-refractivity contribution is -0.144. The van der Waals surface area contributed by atoms with E-state index in [1.54, 1.807) is 0 Å². The van der Waals surface area contributed by atoms with Gasteiger partial charge in [-0.3, -0.25) is 4.79 Å². The first-order chi connectivity index (χ1) is 9.19. The summed E-state index contributed by atoms with van der Waals surface area (Å²) in [5.41, 5.74) is 5.67. The maximum absolute atomic E-state index is 12.4. The highest BCUT2D eigenvalue weighted by atomic mass is 16.5. The van der Waals surface area contributed by atoms with E-state index in [1.807, 2.05) is 11.8 Å². The minimum Gasteiger partial charge on any atom is -0.370 e. The Balaban J connectivity index is 1.84. The second kappa shape index (κ2) is 7.25. The molecule has 0 aromatic carbocycles. The van der Waals surface area contributed by atoms with Crippen LogP contribution in [0, 0.1) is 5.92 Å². The predicted octanol–water partition coefficient (Wildman–Crippen LogP) is 1.92. The summed E-state index contributed by atoms with van der Waals surface area (Å²) in [4.78, 5) is 14.4. The Morgan fingerprint density at radius 2 is 1.89 bits per heavy atom. The highest BCUT2D eigenvalue weighted by Crippen LogP contribution is 2.26. The summed E-state index contributed by atoms with van der Waals surface area (Å²) >= 11 is 0. The van der Waals surface area contributed by atoms with Crippen LogP contribution in [0.2, 0.25) is 0 Å². The van der Waals surface area contributed by atoms with E-state index in [4.69, 9.17) is 10.5 Å². The van der Waals surface area contributed by atoms with Gasteiger partial charge >= 0.3 is 0 Å². The van der Waals surface area contributed by atoms with Crippen LogP contribution in [0.5, 0.6) is 0 Å². The number of ether oxygens (including phenoxy) is 1. The number of nitrogens with two attached hydrogens (primary N) is 1. The zero-order valence-electron chi connectivity index (χ0n) is 12.1. The van der Waals surface area contributed by atoms with E-state index >= 15 is 0 Å². The fourth-order valence-corrected chi connectivity index (χ4v) is 3.32. The SMILES string of the molecule is CC1CN(C(=O)CC2CCCCCC2)CC(CN)O1. The third-order valence-electron chi connectivity index (χ3n) is 4.38. The molecule has 1 aliphatic heterocycles. The minimum atomic E-state index is 0.0156. The first kappa shape index (κ1) is 14.8. The monoisotopic (exact) mass is 268 g/mol. The first-order valence-electron chi connectivity index (χ1n) is 7.82. The average Bonchev–Trinajstić information content (AvgIpc) is 2.66. The molecule has 110 valence electrons. The van der Waals surface area contributed by atoms with Crippen molar-refractivity contribution < 1.29 is 9.53 Å². The fraction of sp³-hybridized carbons (Fsp3) is 0.933. The lowest BCUT2D eigenvalue weighted by atomic mass is 9.95. The lowest BCUT2D eigenvalue weighted by Gasteiger charge is -2.37. The summed E-state index contributed by atoms with van der Waals surface area (Å²) in [7, 11) is 0. The van der Waals surface area contributed by atoms with Gasteiger partial charge in [0, 0.05) is 26.1 Å². The topological polar surface area (TPSA) is 55.6 Å². The molecule has 2 N–H and O–H groups in total. The summed E-state index contributed by atoms with van der Waals surface area (Å²) in [5, 5.41) is 0. The number of carbonyl (C=O) groups is 1. The summed E-state index contributed by atoms with van der Waals surface area (Å²) in [6.07, 6.45) is 8.58. The number of amides is 1. The summed E-state index contributed by atoms with van der Waals surface area (Å²) in [6, 6.07) is 0. The Kier molecular flexibility index (Phi) is 5.64. The number of rotatable bonds is 3. The Morgan fingerprint density at radius 1 is 1.21 bits per heavy atom. The molecule has 2 unspecified atom stereocenters. The molecule has 2 fully saturated rings. The third kappa shape index (κ3) is 4.46. The first-order valence-corrected chi connectivity index (χ1v) is 7.82. The van der Waals surface area contributed by atoms with E-state index in [0.717, 1.165) is 13.0 Å². The smallest absolute Gasteiger partial charge is 0.223 e. The number of morpholine rings is 1. The van der Waals surface area contributed by atoms with Crippen LogP contribution in [0.15, 0.2) is 0 Å². The summed E-state index contributed by atoms with van der Waals surface area (Å²) < 4.78 is 5.71. The molecule has 0 aromatic rings. The molecule has 4 heteroatoms.